The number of benzene rings is 2. The van der Waals surface area contributed by atoms with Crippen LogP contribution in [-0.4, -0.2) is 17.1 Å². The largest absolute Gasteiger partial charge is 0.478 e. The summed E-state index contributed by atoms with van der Waals surface area (Å²) in [5, 5.41) is 12.6. The van der Waals surface area contributed by atoms with Crippen molar-refractivity contribution in [1.82, 2.24) is 0 Å². The normalized spacial score (nSPS) is 17.1. The summed E-state index contributed by atoms with van der Waals surface area (Å²) in [7, 11) is 0. The summed E-state index contributed by atoms with van der Waals surface area (Å²) >= 11 is 3.37. The van der Waals surface area contributed by atoms with E-state index in [0.29, 0.717) is 11.6 Å². The van der Waals surface area contributed by atoms with Crippen molar-refractivity contribution in [1.29, 1.82) is 0 Å². The molecule has 2 aromatic carbocycles. The number of aromatic carboxylic acids is 1. The minimum Gasteiger partial charge on any atom is -0.478 e. The second-order valence-electron chi connectivity index (χ2n) is 5.39. The molecule has 1 unspecified atom stereocenters. The second-order valence-corrected chi connectivity index (χ2v) is 6.30. The van der Waals surface area contributed by atoms with Gasteiger partial charge in [0, 0.05) is 16.2 Å². The molecule has 0 heterocycles. The standard InChI is InChI=1S/C17H16BrNO2/c18-14-7-13(17(20)21)9-16(10-14)19-15-6-5-11-3-1-2-4-12(11)8-15/h1-4,7,9-10,15,19H,5-6,8H2,(H,20,21). The van der Waals surface area contributed by atoms with Crippen LogP contribution >= 0.6 is 15.9 Å². The Balaban J connectivity index is 1.78. The summed E-state index contributed by atoms with van der Waals surface area (Å²) in [5.41, 5.74) is 3.96. The molecule has 3 rings (SSSR count). The first kappa shape index (κ1) is 14.1. The van der Waals surface area contributed by atoms with Gasteiger partial charge in [0.05, 0.1) is 5.56 Å². The summed E-state index contributed by atoms with van der Waals surface area (Å²) in [4.78, 5) is 11.1. The first-order valence-electron chi connectivity index (χ1n) is 6.99. The van der Waals surface area contributed by atoms with Crippen molar-refractivity contribution < 1.29 is 9.90 Å². The van der Waals surface area contributed by atoms with Crippen molar-refractivity contribution in [3.05, 3.63) is 63.6 Å². The highest BCUT2D eigenvalue weighted by Crippen LogP contribution is 2.26. The molecule has 4 heteroatoms. The fraction of sp³-hybridized carbons (Fsp3) is 0.235. The number of rotatable bonds is 3. The molecule has 21 heavy (non-hydrogen) atoms. The van der Waals surface area contributed by atoms with E-state index in [1.807, 2.05) is 6.07 Å². The van der Waals surface area contributed by atoms with Gasteiger partial charge in [0.25, 0.3) is 0 Å². The van der Waals surface area contributed by atoms with E-state index in [4.69, 9.17) is 5.11 Å². The maximum Gasteiger partial charge on any atom is 0.335 e. The Bertz CT molecular complexity index is 684. The van der Waals surface area contributed by atoms with Crippen molar-refractivity contribution in [2.24, 2.45) is 0 Å². The van der Waals surface area contributed by atoms with Crippen LogP contribution in [0.2, 0.25) is 0 Å². The van der Waals surface area contributed by atoms with Crippen molar-refractivity contribution in [2.45, 2.75) is 25.3 Å². The van der Waals surface area contributed by atoms with E-state index in [9.17, 15) is 4.79 Å². The number of anilines is 1. The van der Waals surface area contributed by atoms with Gasteiger partial charge in [0.1, 0.15) is 0 Å². The van der Waals surface area contributed by atoms with Crippen molar-refractivity contribution in [2.75, 3.05) is 5.32 Å². The first-order chi connectivity index (χ1) is 10.1. The number of carbonyl (C=O) groups is 1. The number of hydrogen-bond donors (Lipinski definition) is 2. The number of halogens is 1. The number of hydrogen-bond acceptors (Lipinski definition) is 2. The summed E-state index contributed by atoms with van der Waals surface area (Å²) < 4.78 is 0.779. The van der Waals surface area contributed by atoms with Gasteiger partial charge in [-0.05, 0) is 48.6 Å². The highest BCUT2D eigenvalue weighted by atomic mass is 79.9. The number of fused-ring (bicyclic) bond motifs is 1. The average Bonchev–Trinajstić information content (AvgIpc) is 2.46. The van der Waals surface area contributed by atoms with Crippen LogP contribution in [0.5, 0.6) is 0 Å². The van der Waals surface area contributed by atoms with E-state index in [1.54, 1.807) is 12.1 Å². The third kappa shape index (κ3) is 3.27. The number of nitrogens with one attached hydrogen (secondary N) is 1. The van der Waals surface area contributed by atoms with Crippen LogP contribution in [0.4, 0.5) is 5.69 Å². The van der Waals surface area contributed by atoms with Gasteiger partial charge in [-0.2, -0.15) is 0 Å². The summed E-state index contributed by atoms with van der Waals surface area (Å²) in [5.74, 6) is -0.909. The van der Waals surface area contributed by atoms with E-state index in [1.165, 1.54) is 11.1 Å². The molecule has 1 aliphatic rings. The molecule has 0 aromatic heterocycles. The molecule has 2 aromatic rings. The van der Waals surface area contributed by atoms with E-state index in [0.717, 1.165) is 29.4 Å². The topological polar surface area (TPSA) is 49.3 Å². The lowest BCUT2D eigenvalue weighted by Gasteiger charge is -2.26. The first-order valence-corrected chi connectivity index (χ1v) is 7.78. The highest BCUT2D eigenvalue weighted by Gasteiger charge is 2.18. The highest BCUT2D eigenvalue weighted by molar-refractivity contribution is 9.10. The van der Waals surface area contributed by atoms with Gasteiger partial charge in [-0.25, -0.2) is 4.79 Å². The van der Waals surface area contributed by atoms with Crippen LogP contribution in [0.25, 0.3) is 0 Å². The van der Waals surface area contributed by atoms with Gasteiger partial charge in [0.2, 0.25) is 0 Å². The van der Waals surface area contributed by atoms with Crippen molar-refractivity contribution >= 4 is 27.6 Å². The molecule has 0 bridgehead atoms. The van der Waals surface area contributed by atoms with Gasteiger partial charge in [-0.1, -0.05) is 40.2 Å². The fourth-order valence-electron chi connectivity index (χ4n) is 2.85. The van der Waals surface area contributed by atoms with Crippen LogP contribution in [0, 0.1) is 0 Å². The van der Waals surface area contributed by atoms with Gasteiger partial charge in [-0.15, -0.1) is 0 Å². The third-order valence-corrected chi connectivity index (χ3v) is 4.32. The molecule has 108 valence electrons. The van der Waals surface area contributed by atoms with Gasteiger partial charge < -0.3 is 10.4 Å². The summed E-state index contributed by atoms with van der Waals surface area (Å²) in [6.07, 6.45) is 3.10. The molecule has 2 N–H and O–H groups in total. The zero-order valence-electron chi connectivity index (χ0n) is 11.5. The maximum absolute atomic E-state index is 11.1. The Morgan fingerprint density at radius 3 is 2.71 bits per heavy atom. The Morgan fingerprint density at radius 1 is 1.19 bits per heavy atom. The maximum atomic E-state index is 11.1. The monoisotopic (exact) mass is 345 g/mol. The molecule has 3 nitrogen and oxygen atoms in total. The lowest BCUT2D eigenvalue weighted by Crippen LogP contribution is -2.27. The van der Waals surface area contributed by atoms with E-state index in [-0.39, 0.29) is 0 Å². The number of carboxylic acid groups (broad SMARTS) is 1. The quantitative estimate of drug-likeness (QED) is 0.879. The van der Waals surface area contributed by atoms with Crippen molar-refractivity contribution in [3.8, 4) is 0 Å². The van der Waals surface area contributed by atoms with E-state index < -0.39 is 5.97 Å². The molecule has 0 radical (unpaired) electrons. The SMILES string of the molecule is O=C(O)c1cc(Br)cc(NC2CCc3ccccc3C2)c1. The van der Waals surface area contributed by atoms with Crippen LogP contribution in [0.1, 0.15) is 27.9 Å². The minimum absolute atomic E-state index is 0.295. The fourth-order valence-corrected chi connectivity index (χ4v) is 3.35. The Kier molecular flexibility index (Phi) is 3.97. The lowest BCUT2D eigenvalue weighted by molar-refractivity contribution is 0.0697. The Morgan fingerprint density at radius 2 is 1.95 bits per heavy atom. The van der Waals surface area contributed by atoms with Crippen LogP contribution in [-0.2, 0) is 12.8 Å². The summed E-state index contributed by atoms with van der Waals surface area (Å²) in [6.45, 7) is 0. The van der Waals surface area contributed by atoms with Gasteiger partial charge >= 0.3 is 5.97 Å². The van der Waals surface area contributed by atoms with Gasteiger partial charge in [0.15, 0.2) is 0 Å². The molecule has 0 saturated carbocycles. The number of aryl methyl sites for hydroxylation is 1. The van der Waals surface area contributed by atoms with E-state index in [2.05, 4.69) is 45.5 Å². The third-order valence-electron chi connectivity index (χ3n) is 3.86. The predicted molar refractivity (Wildman–Crippen MR) is 87.0 cm³/mol. The molecule has 1 aliphatic carbocycles. The van der Waals surface area contributed by atoms with Crippen LogP contribution in [0.15, 0.2) is 46.9 Å². The molecular weight excluding hydrogens is 330 g/mol. The van der Waals surface area contributed by atoms with Crippen molar-refractivity contribution in [3.63, 3.8) is 0 Å². The molecule has 0 spiro atoms. The van der Waals surface area contributed by atoms with Gasteiger partial charge in [-0.3, -0.25) is 0 Å². The Labute approximate surface area is 132 Å². The molecule has 0 amide bonds. The molecule has 0 saturated heterocycles. The zero-order valence-corrected chi connectivity index (χ0v) is 13.1. The second kappa shape index (κ2) is 5.90. The predicted octanol–water partition coefficient (Wildman–Crippen LogP) is 4.12. The minimum atomic E-state index is -0.909. The summed E-state index contributed by atoms with van der Waals surface area (Å²) in [6, 6.07) is 14.1. The average molecular weight is 346 g/mol. The lowest BCUT2D eigenvalue weighted by atomic mass is 9.88. The smallest absolute Gasteiger partial charge is 0.335 e. The van der Waals surface area contributed by atoms with E-state index >= 15 is 0 Å². The molecule has 0 fully saturated rings. The number of carboxylic acids is 1. The van der Waals surface area contributed by atoms with Crippen LogP contribution in [0.3, 0.4) is 0 Å². The Hall–Kier alpha value is -1.81. The zero-order chi connectivity index (χ0) is 14.8. The molecule has 0 aliphatic heterocycles. The molecular formula is C17H16BrNO2. The van der Waals surface area contributed by atoms with Crippen LogP contribution < -0.4 is 5.32 Å². The molecule has 1 atom stereocenters.